The molecule has 0 saturated carbocycles. The molecule has 0 saturated heterocycles. The third kappa shape index (κ3) is 4.46. The molecule has 0 heterocycles. The summed E-state index contributed by atoms with van der Waals surface area (Å²) in [5.41, 5.74) is 7.03. The van der Waals surface area contributed by atoms with Crippen molar-refractivity contribution in [3.63, 3.8) is 0 Å². The van der Waals surface area contributed by atoms with Gasteiger partial charge in [0.05, 0.1) is 17.6 Å². The molecular formula is C12H19NO3S. The van der Waals surface area contributed by atoms with Crippen molar-refractivity contribution in [3.8, 4) is 0 Å². The van der Waals surface area contributed by atoms with Gasteiger partial charge in [-0.15, -0.1) is 0 Å². The molecule has 3 N–H and O–H groups in total. The number of hydrogen-bond acceptors (Lipinski definition) is 4. The molecule has 5 heteroatoms. The molecule has 1 aromatic carbocycles. The zero-order chi connectivity index (χ0) is 12.9. The maximum Gasteiger partial charge on any atom is 0.153 e. The zero-order valence-corrected chi connectivity index (χ0v) is 10.8. The van der Waals surface area contributed by atoms with Gasteiger partial charge in [0.25, 0.3) is 0 Å². The molecule has 17 heavy (non-hydrogen) atoms. The van der Waals surface area contributed by atoms with Crippen molar-refractivity contribution in [2.75, 3.05) is 11.5 Å². The van der Waals surface area contributed by atoms with Crippen molar-refractivity contribution >= 4 is 9.84 Å². The maximum absolute atomic E-state index is 11.6. The highest BCUT2D eigenvalue weighted by molar-refractivity contribution is 7.91. The minimum Gasteiger partial charge on any atom is -0.387 e. The van der Waals surface area contributed by atoms with Crippen molar-refractivity contribution in [2.24, 2.45) is 5.73 Å². The highest BCUT2D eigenvalue weighted by atomic mass is 32.2. The SMILES string of the molecule is CCCS(=O)(=O)CC(O)c1ccc(CN)cc1. The summed E-state index contributed by atoms with van der Waals surface area (Å²) < 4.78 is 23.1. The van der Waals surface area contributed by atoms with Crippen LogP contribution in [0, 0.1) is 0 Å². The summed E-state index contributed by atoms with van der Waals surface area (Å²) >= 11 is 0. The first-order valence-electron chi connectivity index (χ1n) is 5.66. The lowest BCUT2D eigenvalue weighted by Gasteiger charge is -2.11. The van der Waals surface area contributed by atoms with E-state index in [2.05, 4.69) is 0 Å². The van der Waals surface area contributed by atoms with Crippen molar-refractivity contribution in [3.05, 3.63) is 35.4 Å². The third-order valence-corrected chi connectivity index (χ3v) is 4.38. The van der Waals surface area contributed by atoms with Gasteiger partial charge < -0.3 is 10.8 Å². The van der Waals surface area contributed by atoms with E-state index in [1.165, 1.54) is 0 Å². The summed E-state index contributed by atoms with van der Waals surface area (Å²) in [6.07, 6.45) is -0.389. The second-order valence-electron chi connectivity index (χ2n) is 4.08. The van der Waals surface area contributed by atoms with E-state index in [0.717, 1.165) is 5.56 Å². The summed E-state index contributed by atoms with van der Waals surface area (Å²) in [6.45, 7) is 2.24. The van der Waals surface area contributed by atoms with Gasteiger partial charge in [0.15, 0.2) is 9.84 Å². The van der Waals surface area contributed by atoms with Gasteiger partial charge in [0.1, 0.15) is 0 Å². The number of hydrogen-bond donors (Lipinski definition) is 2. The van der Waals surface area contributed by atoms with E-state index in [1.54, 1.807) is 31.2 Å². The number of sulfone groups is 1. The molecule has 1 aromatic rings. The summed E-state index contributed by atoms with van der Waals surface area (Å²) in [6, 6.07) is 7.03. The fourth-order valence-electron chi connectivity index (χ4n) is 1.61. The number of nitrogens with two attached hydrogens (primary N) is 1. The van der Waals surface area contributed by atoms with Gasteiger partial charge in [0.2, 0.25) is 0 Å². The predicted octanol–water partition coefficient (Wildman–Crippen LogP) is 1.00. The average Bonchev–Trinajstić information content (AvgIpc) is 2.28. The molecule has 1 unspecified atom stereocenters. The Labute approximate surface area is 102 Å². The minimum atomic E-state index is -3.17. The fourth-order valence-corrected chi connectivity index (χ4v) is 3.07. The van der Waals surface area contributed by atoms with Crippen LogP contribution in [0.5, 0.6) is 0 Å². The Hall–Kier alpha value is -0.910. The van der Waals surface area contributed by atoms with Crippen LogP contribution in [0.2, 0.25) is 0 Å². The maximum atomic E-state index is 11.6. The zero-order valence-electron chi connectivity index (χ0n) is 9.96. The minimum absolute atomic E-state index is 0.116. The van der Waals surface area contributed by atoms with E-state index < -0.39 is 15.9 Å². The topological polar surface area (TPSA) is 80.4 Å². The first-order chi connectivity index (χ1) is 7.98. The van der Waals surface area contributed by atoms with Crippen LogP contribution in [0.4, 0.5) is 0 Å². The monoisotopic (exact) mass is 257 g/mol. The lowest BCUT2D eigenvalue weighted by Crippen LogP contribution is -2.17. The van der Waals surface area contributed by atoms with Crippen molar-refractivity contribution in [1.29, 1.82) is 0 Å². The molecule has 0 aromatic heterocycles. The van der Waals surface area contributed by atoms with Crippen molar-refractivity contribution < 1.29 is 13.5 Å². The van der Waals surface area contributed by atoms with E-state index >= 15 is 0 Å². The molecule has 0 spiro atoms. The third-order valence-electron chi connectivity index (χ3n) is 2.53. The summed E-state index contributed by atoms with van der Waals surface area (Å²) in [4.78, 5) is 0. The quantitative estimate of drug-likeness (QED) is 0.797. The smallest absolute Gasteiger partial charge is 0.153 e. The van der Waals surface area contributed by atoms with Gasteiger partial charge in [0, 0.05) is 6.54 Å². The van der Waals surface area contributed by atoms with Gasteiger partial charge in [-0.1, -0.05) is 31.2 Å². The number of benzene rings is 1. The number of aliphatic hydroxyl groups is 1. The second-order valence-corrected chi connectivity index (χ2v) is 6.30. The number of rotatable bonds is 6. The molecule has 0 amide bonds. The molecule has 1 atom stereocenters. The van der Waals surface area contributed by atoms with Crippen molar-refractivity contribution in [1.82, 2.24) is 0 Å². The van der Waals surface area contributed by atoms with Crippen LogP contribution in [-0.4, -0.2) is 25.0 Å². The Kier molecular flexibility index (Phi) is 5.11. The van der Waals surface area contributed by atoms with Crippen LogP contribution in [-0.2, 0) is 16.4 Å². The van der Waals surface area contributed by atoms with Gasteiger partial charge >= 0.3 is 0 Å². The molecule has 4 nitrogen and oxygen atoms in total. The highest BCUT2D eigenvalue weighted by Gasteiger charge is 2.17. The van der Waals surface area contributed by atoms with Crippen LogP contribution in [0.25, 0.3) is 0 Å². The van der Waals surface area contributed by atoms with E-state index in [0.29, 0.717) is 18.5 Å². The van der Waals surface area contributed by atoms with E-state index in [-0.39, 0.29) is 11.5 Å². The predicted molar refractivity (Wildman–Crippen MR) is 68.2 cm³/mol. The number of aliphatic hydroxyl groups excluding tert-OH is 1. The van der Waals surface area contributed by atoms with Crippen LogP contribution in [0.3, 0.4) is 0 Å². The van der Waals surface area contributed by atoms with Gasteiger partial charge in [-0.05, 0) is 17.5 Å². The van der Waals surface area contributed by atoms with Crippen molar-refractivity contribution in [2.45, 2.75) is 26.0 Å². The molecule has 0 fully saturated rings. The van der Waals surface area contributed by atoms with E-state index in [1.807, 2.05) is 0 Å². The first-order valence-corrected chi connectivity index (χ1v) is 7.48. The van der Waals surface area contributed by atoms with Crippen LogP contribution in [0.1, 0.15) is 30.6 Å². The Bertz CT molecular complexity index is 439. The Morgan fingerprint density at radius 3 is 2.35 bits per heavy atom. The largest absolute Gasteiger partial charge is 0.387 e. The Morgan fingerprint density at radius 1 is 1.29 bits per heavy atom. The van der Waals surface area contributed by atoms with Gasteiger partial charge in [-0.3, -0.25) is 0 Å². The molecule has 0 aliphatic rings. The summed E-state index contributed by atoms with van der Waals surface area (Å²) in [7, 11) is -3.17. The molecule has 96 valence electrons. The Morgan fingerprint density at radius 2 is 1.88 bits per heavy atom. The second kappa shape index (κ2) is 6.14. The molecule has 0 aliphatic carbocycles. The van der Waals surface area contributed by atoms with Gasteiger partial charge in [-0.25, -0.2) is 8.42 Å². The summed E-state index contributed by atoms with van der Waals surface area (Å²) in [5, 5.41) is 9.84. The van der Waals surface area contributed by atoms with Gasteiger partial charge in [-0.2, -0.15) is 0 Å². The van der Waals surface area contributed by atoms with Crippen LogP contribution >= 0.6 is 0 Å². The van der Waals surface area contributed by atoms with Crippen LogP contribution < -0.4 is 5.73 Å². The molecular weight excluding hydrogens is 238 g/mol. The van der Waals surface area contributed by atoms with E-state index in [4.69, 9.17) is 5.73 Å². The Balaban J connectivity index is 2.72. The molecule has 0 radical (unpaired) electrons. The molecule has 0 bridgehead atoms. The molecule has 1 rings (SSSR count). The fraction of sp³-hybridized carbons (Fsp3) is 0.500. The van der Waals surface area contributed by atoms with Crippen LogP contribution in [0.15, 0.2) is 24.3 Å². The summed E-state index contributed by atoms with van der Waals surface area (Å²) in [5.74, 6) is -0.103. The van der Waals surface area contributed by atoms with E-state index in [9.17, 15) is 13.5 Å². The highest BCUT2D eigenvalue weighted by Crippen LogP contribution is 2.16. The first kappa shape index (κ1) is 14.2. The normalized spacial score (nSPS) is 13.6. The average molecular weight is 257 g/mol. The lowest BCUT2D eigenvalue weighted by molar-refractivity contribution is 0.201. The standard InChI is InChI=1S/C12H19NO3S/c1-2-7-17(15,16)9-12(14)11-5-3-10(8-13)4-6-11/h3-6,12,14H,2,7-9,13H2,1H3. The lowest BCUT2D eigenvalue weighted by atomic mass is 10.1. The molecule has 0 aliphatic heterocycles.